The SMILES string of the molecule is C=CC(C)=O.CC.CC1CCC1.CNC.Cc1c(C2CCOCC2)[nH]c(N)c1/C=C(\N)c1ccccc1O. The average molecular weight is 529 g/mol. The summed E-state index contributed by atoms with van der Waals surface area (Å²) in [4.78, 5) is 13.0. The minimum absolute atomic E-state index is 0.0185. The molecule has 0 atom stereocenters. The number of phenols is 1. The maximum atomic E-state index is 9.93. The molecule has 1 aromatic carbocycles. The molecule has 7 heteroatoms. The zero-order chi connectivity index (χ0) is 29.1. The second kappa shape index (κ2) is 20.0. The first-order chi connectivity index (χ1) is 18.2. The fourth-order valence-electron chi connectivity index (χ4n) is 3.80. The molecule has 0 spiro atoms. The van der Waals surface area contributed by atoms with Gasteiger partial charge in [0, 0.05) is 41.6 Å². The second-order valence-corrected chi connectivity index (χ2v) is 9.35. The Morgan fingerprint density at radius 2 is 1.66 bits per heavy atom. The number of aromatic nitrogens is 1. The standard InChI is InChI=1S/C18H23N3O2.C5H10.C4H6O.C2H7N.C2H6/c1-11-14(10-15(19)13-4-2-3-5-16(13)22)18(20)21-17(11)12-6-8-23-9-7-12;1-5-3-2-4-5;1-3-4(2)5;1-3-2;1-2/h2-5,10,12,21-22H,6-9,19-20H2,1H3;5H,2-4H2,1H3;3H,1H2,2H3;3H,1-2H3;1-2H3/b15-10-;;;;. The van der Waals surface area contributed by atoms with Gasteiger partial charge in [-0.05, 0) is 76.6 Å². The van der Waals surface area contributed by atoms with Crippen molar-refractivity contribution in [2.24, 2.45) is 11.7 Å². The van der Waals surface area contributed by atoms with E-state index in [1.165, 1.54) is 38.0 Å². The Bertz CT molecular complexity index is 971. The summed E-state index contributed by atoms with van der Waals surface area (Å²) in [5, 5.41) is 12.7. The van der Waals surface area contributed by atoms with Crippen LogP contribution in [0.15, 0.2) is 36.9 Å². The number of aromatic amines is 1. The Labute approximate surface area is 230 Å². The van der Waals surface area contributed by atoms with Crippen LogP contribution in [0.5, 0.6) is 5.75 Å². The second-order valence-electron chi connectivity index (χ2n) is 9.35. The largest absolute Gasteiger partial charge is 0.507 e. The number of hydrogen-bond donors (Lipinski definition) is 5. The third-order valence-electron chi connectivity index (χ3n) is 6.19. The van der Waals surface area contributed by atoms with Gasteiger partial charge < -0.3 is 31.6 Å². The highest BCUT2D eigenvalue weighted by atomic mass is 16.5. The highest BCUT2D eigenvalue weighted by Crippen LogP contribution is 2.34. The molecular weight excluding hydrogens is 476 g/mol. The molecule has 2 aliphatic rings. The van der Waals surface area contributed by atoms with E-state index in [1.807, 2.05) is 40.1 Å². The number of anilines is 1. The quantitative estimate of drug-likeness (QED) is 0.293. The number of allylic oxidation sites excluding steroid dienone is 1. The van der Waals surface area contributed by atoms with Crippen LogP contribution < -0.4 is 16.8 Å². The molecule has 1 saturated carbocycles. The molecule has 1 aliphatic heterocycles. The van der Waals surface area contributed by atoms with Gasteiger partial charge >= 0.3 is 0 Å². The van der Waals surface area contributed by atoms with Crippen molar-refractivity contribution in [1.82, 2.24) is 10.3 Å². The summed E-state index contributed by atoms with van der Waals surface area (Å²) in [6.07, 6.45) is 9.57. The van der Waals surface area contributed by atoms with Crippen LogP contribution in [0.2, 0.25) is 0 Å². The lowest BCUT2D eigenvalue weighted by Crippen LogP contribution is -2.15. The fraction of sp³-hybridized carbons (Fsp3) is 0.516. The molecule has 0 bridgehead atoms. The van der Waals surface area contributed by atoms with Crippen LogP contribution in [0.3, 0.4) is 0 Å². The molecule has 1 saturated heterocycles. The number of nitrogens with two attached hydrogens (primary N) is 2. The van der Waals surface area contributed by atoms with Gasteiger partial charge in [0.05, 0.1) is 0 Å². The molecule has 38 heavy (non-hydrogen) atoms. The minimum atomic E-state index is 0.0185. The van der Waals surface area contributed by atoms with E-state index < -0.39 is 0 Å². The van der Waals surface area contributed by atoms with Gasteiger partial charge in [0.25, 0.3) is 0 Å². The van der Waals surface area contributed by atoms with Gasteiger partial charge in [-0.25, -0.2) is 0 Å². The number of ether oxygens (including phenoxy) is 1. The summed E-state index contributed by atoms with van der Waals surface area (Å²) in [5.74, 6) is 2.31. The van der Waals surface area contributed by atoms with Crippen molar-refractivity contribution in [3.63, 3.8) is 0 Å². The van der Waals surface area contributed by atoms with E-state index in [2.05, 4.69) is 30.7 Å². The van der Waals surface area contributed by atoms with Crippen LogP contribution in [0.4, 0.5) is 5.82 Å². The lowest BCUT2D eigenvalue weighted by Gasteiger charge is -2.21. The van der Waals surface area contributed by atoms with Gasteiger partial charge in [0.1, 0.15) is 11.6 Å². The van der Waals surface area contributed by atoms with E-state index in [0.717, 1.165) is 43.1 Å². The molecule has 4 rings (SSSR count). The third kappa shape index (κ3) is 12.5. The number of hydrogen-bond acceptors (Lipinski definition) is 6. The normalized spacial score (nSPS) is 15.0. The molecular formula is C31H52N4O3. The van der Waals surface area contributed by atoms with Crippen LogP contribution in [0, 0.1) is 12.8 Å². The van der Waals surface area contributed by atoms with Crippen LogP contribution >= 0.6 is 0 Å². The van der Waals surface area contributed by atoms with Crippen molar-refractivity contribution in [3.8, 4) is 5.75 Å². The molecule has 2 aromatic rings. The number of phenolic OH excluding ortho intramolecular Hbond substituents is 1. The Morgan fingerprint density at radius 1 is 1.16 bits per heavy atom. The summed E-state index contributed by atoms with van der Waals surface area (Å²) in [6.45, 7) is 14.6. The molecule has 2 fully saturated rings. The zero-order valence-corrected chi connectivity index (χ0v) is 24.7. The first-order valence-electron chi connectivity index (χ1n) is 13.7. The molecule has 0 radical (unpaired) electrons. The molecule has 214 valence electrons. The topological polar surface area (TPSA) is 126 Å². The maximum Gasteiger partial charge on any atom is 0.152 e. The number of carbonyl (C=O) groups excluding carboxylic acids is 1. The van der Waals surface area contributed by atoms with E-state index >= 15 is 0 Å². The number of ketones is 1. The minimum Gasteiger partial charge on any atom is -0.507 e. The number of nitrogens with one attached hydrogen (secondary N) is 2. The lowest BCUT2D eigenvalue weighted by atomic mass is 9.88. The Kier molecular flexibility index (Phi) is 18.4. The molecule has 2 heterocycles. The lowest BCUT2D eigenvalue weighted by molar-refractivity contribution is -0.112. The highest BCUT2D eigenvalue weighted by molar-refractivity contribution is 5.86. The van der Waals surface area contributed by atoms with E-state index in [1.54, 1.807) is 18.2 Å². The maximum absolute atomic E-state index is 9.93. The van der Waals surface area contributed by atoms with Gasteiger partial charge in [-0.1, -0.05) is 58.7 Å². The van der Waals surface area contributed by atoms with Crippen molar-refractivity contribution < 1.29 is 14.6 Å². The van der Waals surface area contributed by atoms with Crippen LogP contribution in [0.25, 0.3) is 11.8 Å². The first-order valence-corrected chi connectivity index (χ1v) is 13.7. The number of rotatable bonds is 4. The van der Waals surface area contributed by atoms with E-state index in [-0.39, 0.29) is 11.5 Å². The number of nitrogen functional groups attached to an aromatic ring is 1. The van der Waals surface area contributed by atoms with Crippen molar-refractivity contribution in [2.75, 3.05) is 33.0 Å². The van der Waals surface area contributed by atoms with Crippen LogP contribution in [0.1, 0.15) is 88.1 Å². The van der Waals surface area contributed by atoms with Gasteiger partial charge in [0.2, 0.25) is 0 Å². The van der Waals surface area contributed by atoms with E-state index in [9.17, 15) is 9.90 Å². The Balaban J connectivity index is 0.000000749. The van der Waals surface area contributed by atoms with E-state index in [4.69, 9.17) is 16.2 Å². The predicted octanol–water partition coefficient (Wildman–Crippen LogP) is 6.39. The molecule has 7 N–H and O–H groups in total. The van der Waals surface area contributed by atoms with Crippen molar-refractivity contribution in [1.29, 1.82) is 0 Å². The number of H-pyrrole nitrogens is 1. The first kappa shape index (κ1) is 35.0. The van der Waals surface area contributed by atoms with Gasteiger partial charge in [0.15, 0.2) is 5.78 Å². The van der Waals surface area contributed by atoms with E-state index in [0.29, 0.717) is 23.0 Å². The molecule has 0 unspecified atom stereocenters. The summed E-state index contributed by atoms with van der Waals surface area (Å²) in [5.41, 5.74) is 16.6. The number of aromatic hydroxyl groups is 1. The van der Waals surface area contributed by atoms with Crippen LogP contribution in [-0.2, 0) is 9.53 Å². The van der Waals surface area contributed by atoms with Gasteiger partial charge in [-0.15, -0.1) is 0 Å². The Hall–Kier alpha value is -3.03. The highest BCUT2D eigenvalue weighted by Gasteiger charge is 2.22. The number of para-hydroxylation sites is 1. The molecule has 0 amide bonds. The fourth-order valence-corrected chi connectivity index (χ4v) is 3.80. The van der Waals surface area contributed by atoms with Crippen LogP contribution in [-0.4, -0.2) is 43.2 Å². The predicted molar refractivity (Wildman–Crippen MR) is 163 cm³/mol. The number of carbonyl (C=O) groups is 1. The Morgan fingerprint density at radius 3 is 2.08 bits per heavy atom. The third-order valence-corrected chi connectivity index (χ3v) is 6.19. The molecule has 1 aliphatic carbocycles. The summed E-state index contributed by atoms with van der Waals surface area (Å²) in [6, 6.07) is 7.03. The van der Waals surface area contributed by atoms with Crippen molar-refractivity contribution in [3.05, 3.63) is 59.3 Å². The molecule has 7 nitrogen and oxygen atoms in total. The van der Waals surface area contributed by atoms with Gasteiger partial charge in [-0.3, -0.25) is 4.79 Å². The van der Waals surface area contributed by atoms with Gasteiger partial charge in [-0.2, -0.15) is 0 Å². The monoisotopic (exact) mass is 528 g/mol. The summed E-state index contributed by atoms with van der Waals surface area (Å²) in [7, 11) is 3.75. The average Bonchev–Trinajstić information content (AvgIpc) is 3.19. The summed E-state index contributed by atoms with van der Waals surface area (Å²) < 4.78 is 5.43. The van der Waals surface area contributed by atoms with Crippen molar-refractivity contribution in [2.45, 2.75) is 72.6 Å². The van der Waals surface area contributed by atoms with Crippen molar-refractivity contribution >= 4 is 23.4 Å². The molecule has 1 aromatic heterocycles. The smallest absolute Gasteiger partial charge is 0.152 e. The zero-order valence-electron chi connectivity index (χ0n) is 24.7. The number of benzene rings is 1. The summed E-state index contributed by atoms with van der Waals surface area (Å²) >= 11 is 0.